The van der Waals surface area contributed by atoms with Crippen LogP contribution in [0.1, 0.15) is 6.92 Å². The molecule has 2 rings (SSSR count). The zero-order valence-corrected chi connectivity index (χ0v) is 13.3. The van der Waals surface area contributed by atoms with E-state index in [0.29, 0.717) is 10.6 Å². The van der Waals surface area contributed by atoms with Crippen molar-refractivity contribution in [2.24, 2.45) is 0 Å². The monoisotopic (exact) mass is 338 g/mol. The van der Waals surface area contributed by atoms with Crippen LogP contribution in [0.25, 0.3) is 0 Å². The summed E-state index contributed by atoms with van der Waals surface area (Å²) in [4.78, 5) is 11.3. The molecular formula is C14H14N2O4S2. The van der Waals surface area contributed by atoms with Gasteiger partial charge in [0.2, 0.25) is 5.91 Å². The summed E-state index contributed by atoms with van der Waals surface area (Å²) in [5.41, 5.74) is 0.666. The van der Waals surface area contributed by atoms with E-state index in [-0.39, 0.29) is 22.2 Å². The first-order chi connectivity index (χ1) is 10.3. The van der Waals surface area contributed by atoms with Crippen LogP contribution < -0.4 is 10.0 Å². The van der Waals surface area contributed by atoms with Crippen molar-refractivity contribution in [3.05, 3.63) is 42.5 Å². The SMILES string of the molecule is CC(=O)Nc1ccc(S(=O)(=O)Nc2cccc(O)c2)cc1S. The molecular weight excluding hydrogens is 324 g/mol. The average molecular weight is 338 g/mol. The molecule has 0 atom stereocenters. The average Bonchev–Trinajstić information content (AvgIpc) is 2.40. The van der Waals surface area contributed by atoms with Gasteiger partial charge in [-0.1, -0.05) is 6.07 Å². The molecule has 0 radical (unpaired) electrons. The van der Waals surface area contributed by atoms with Crippen molar-refractivity contribution < 1.29 is 18.3 Å². The highest BCUT2D eigenvalue weighted by atomic mass is 32.2. The highest BCUT2D eigenvalue weighted by Crippen LogP contribution is 2.25. The Hall–Kier alpha value is -2.19. The van der Waals surface area contributed by atoms with Gasteiger partial charge in [0.05, 0.1) is 16.3 Å². The van der Waals surface area contributed by atoms with E-state index in [1.807, 2.05) is 0 Å². The highest BCUT2D eigenvalue weighted by Gasteiger charge is 2.16. The number of nitrogens with one attached hydrogen (secondary N) is 2. The van der Waals surface area contributed by atoms with Gasteiger partial charge in [-0.15, -0.1) is 12.6 Å². The van der Waals surface area contributed by atoms with Crippen LogP contribution in [0.5, 0.6) is 5.75 Å². The third-order valence-electron chi connectivity index (χ3n) is 2.69. The smallest absolute Gasteiger partial charge is 0.261 e. The number of carbonyl (C=O) groups is 1. The number of aromatic hydroxyl groups is 1. The summed E-state index contributed by atoms with van der Waals surface area (Å²) in [6, 6.07) is 9.93. The number of benzene rings is 2. The Bertz CT molecular complexity index is 819. The Balaban J connectivity index is 2.30. The Morgan fingerprint density at radius 3 is 2.50 bits per heavy atom. The molecule has 6 nitrogen and oxygen atoms in total. The van der Waals surface area contributed by atoms with Crippen LogP contribution in [-0.4, -0.2) is 19.4 Å². The second-order valence-electron chi connectivity index (χ2n) is 4.52. The predicted molar refractivity (Wildman–Crippen MR) is 86.9 cm³/mol. The molecule has 0 aliphatic carbocycles. The number of hydrogen-bond donors (Lipinski definition) is 4. The van der Waals surface area contributed by atoms with Crippen molar-refractivity contribution in [1.29, 1.82) is 0 Å². The van der Waals surface area contributed by atoms with E-state index < -0.39 is 10.0 Å². The lowest BCUT2D eigenvalue weighted by Crippen LogP contribution is -2.13. The summed E-state index contributed by atoms with van der Waals surface area (Å²) in [7, 11) is -3.82. The number of thiol groups is 1. The van der Waals surface area contributed by atoms with Crippen molar-refractivity contribution in [2.45, 2.75) is 16.7 Å². The van der Waals surface area contributed by atoms with E-state index in [9.17, 15) is 18.3 Å². The largest absolute Gasteiger partial charge is 0.508 e. The molecule has 2 aromatic carbocycles. The van der Waals surface area contributed by atoms with Crippen molar-refractivity contribution in [3.8, 4) is 5.75 Å². The van der Waals surface area contributed by atoms with Gasteiger partial charge in [-0.3, -0.25) is 9.52 Å². The maximum atomic E-state index is 12.3. The van der Waals surface area contributed by atoms with E-state index in [4.69, 9.17) is 0 Å². The lowest BCUT2D eigenvalue weighted by atomic mass is 10.3. The lowest BCUT2D eigenvalue weighted by Gasteiger charge is -2.11. The number of rotatable bonds is 4. The fourth-order valence-electron chi connectivity index (χ4n) is 1.76. The maximum absolute atomic E-state index is 12.3. The van der Waals surface area contributed by atoms with Crippen molar-refractivity contribution in [1.82, 2.24) is 0 Å². The molecule has 116 valence electrons. The normalized spacial score (nSPS) is 11.0. The molecule has 0 unspecified atom stereocenters. The highest BCUT2D eigenvalue weighted by molar-refractivity contribution is 7.92. The zero-order chi connectivity index (χ0) is 16.3. The molecule has 0 bridgehead atoms. The van der Waals surface area contributed by atoms with Gasteiger partial charge in [-0.05, 0) is 30.3 Å². The minimum atomic E-state index is -3.82. The number of anilines is 2. The Labute approximate surface area is 133 Å². The van der Waals surface area contributed by atoms with Gasteiger partial charge in [0.1, 0.15) is 5.75 Å². The van der Waals surface area contributed by atoms with E-state index in [1.165, 1.54) is 49.4 Å². The summed E-state index contributed by atoms with van der Waals surface area (Å²) in [6.07, 6.45) is 0. The van der Waals surface area contributed by atoms with Crippen LogP contribution in [0.2, 0.25) is 0 Å². The van der Waals surface area contributed by atoms with Crippen LogP contribution in [0, 0.1) is 0 Å². The molecule has 1 amide bonds. The first-order valence-corrected chi connectivity index (χ1v) is 8.13. The topological polar surface area (TPSA) is 95.5 Å². The molecule has 0 fully saturated rings. The van der Waals surface area contributed by atoms with E-state index >= 15 is 0 Å². The van der Waals surface area contributed by atoms with Gasteiger partial charge in [-0.2, -0.15) is 0 Å². The van der Waals surface area contributed by atoms with Crippen molar-refractivity contribution in [2.75, 3.05) is 10.0 Å². The van der Waals surface area contributed by atoms with Gasteiger partial charge in [-0.25, -0.2) is 8.42 Å². The standard InChI is InChI=1S/C14H14N2O4S2/c1-9(17)15-13-6-5-12(8-14(13)21)22(19,20)16-10-3-2-4-11(18)7-10/h2-8,16,18,21H,1H3,(H,15,17). The molecule has 0 aliphatic heterocycles. The fourth-order valence-corrected chi connectivity index (χ4v) is 3.19. The van der Waals surface area contributed by atoms with Crippen LogP contribution in [-0.2, 0) is 14.8 Å². The van der Waals surface area contributed by atoms with Gasteiger partial charge in [0, 0.05) is 17.9 Å². The fraction of sp³-hybridized carbons (Fsp3) is 0.0714. The first kappa shape index (κ1) is 16.2. The number of phenols is 1. The number of sulfonamides is 1. The molecule has 0 heterocycles. The number of carbonyl (C=O) groups excluding carboxylic acids is 1. The molecule has 0 spiro atoms. The summed E-state index contributed by atoms with van der Waals surface area (Å²) < 4.78 is 26.9. The molecule has 0 aliphatic rings. The number of phenolic OH excluding ortho intramolecular Hbond substituents is 1. The minimum absolute atomic E-state index is 0.00468. The Morgan fingerprint density at radius 1 is 1.18 bits per heavy atom. The lowest BCUT2D eigenvalue weighted by molar-refractivity contribution is -0.114. The summed E-state index contributed by atoms with van der Waals surface area (Å²) in [5.74, 6) is -0.320. The Kier molecular flexibility index (Phi) is 4.62. The van der Waals surface area contributed by atoms with E-state index in [1.54, 1.807) is 0 Å². The van der Waals surface area contributed by atoms with Crippen LogP contribution >= 0.6 is 12.6 Å². The van der Waals surface area contributed by atoms with Crippen LogP contribution in [0.4, 0.5) is 11.4 Å². The van der Waals surface area contributed by atoms with Crippen molar-refractivity contribution in [3.63, 3.8) is 0 Å². The maximum Gasteiger partial charge on any atom is 0.261 e. The van der Waals surface area contributed by atoms with Gasteiger partial charge < -0.3 is 10.4 Å². The molecule has 0 saturated carbocycles. The van der Waals surface area contributed by atoms with Gasteiger partial charge in [0.25, 0.3) is 10.0 Å². The quantitative estimate of drug-likeness (QED) is 0.644. The molecule has 8 heteroatoms. The van der Waals surface area contributed by atoms with Gasteiger partial charge >= 0.3 is 0 Å². The molecule has 2 aromatic rings. The molecule has 3 N–H and O–H groups in total. The summed E-state index contributed by atoms with van der Waals surface area (Å²) in [5, 5.41) is 11.9. The number of amides is 1. The number of hydrogen-bond acceptors (Lipinski definition) is 5. The summed E-state index contributed by atoms with van der Waals surface area (Å²) in [6.45, 7) is 1.35. The van der Waals surface area contributed by atoms with Gasteiger partial charge in [0.15, 0.2) is 0 Å². The molecule has 22 heavy (non-hydrogen) atoms. The van der Waals surface area contributed by atoms with E-state index in [2.05, 4.69) is 22.7 Å². The van der Waals surface area contributed by atoms with E-state index in [0.717, 1.165) is 0 Å². The molecule has 0 aromatic heterocycles. The predicted octanol–water partition coefficient (Wildman–Crippen LogP) is 2.44. The zero-order valence-electron chi connectivity index (χ0n) is 11.6. The third kappa shape index (κ3) is 3.92. The van der Waals surface area contributed by atoms with Crippen molar-refractivity contribution >= 4 is 39.9 Å². The second kappa shape index (κ2) is 6.29. The first-order valence-electron chi connectivity index (χ1n) is 6.20. The minimum Gasteiger partial charge on any atom is -0.508 e. The Morgan fingerprint density at radius 2 is 1.91 bits per heavy atom. The summed E-state index contributed by atoms with van der Waals surface area (Å²) >= 11 is 4.17. The van der Waals surface area contributed by atoms with Crippen LogP contribution in [0.15, 0.2) is 52.3 Å². The third-order valence-corrected chi connectivity index (χ3v) is 4.44. The van der Waals surface area contributed by atoms with Crippen LogP contribution in [0.3, 0.4) is 0 Å². The molecule has 0 saturated heterocycles. The second-order valence-corrected chi connectivity index (χ2v) is 6.68.